The molecule has 1 atom stereocenters. The van der Waals surface area contributed by atoms with Crippen LogP contribution in [0.2, 0.25) is 0 Å². The van der Waals surface area contributed by atoms with Gasteiger partial charge in [0, 0.05) is 25.7 Å². The first-order valence-electron chi connectivity index (χ1n) is 7.92. The van der Waals surface area contributed by atoms with Gasteiger partial charge in [-0.1, -0.05) is 23.4 Å². The van der Waals surface area contributed by atoms with Crippen molar-refractivity contribution in [1.29, 1.82) is 0 Å². The molecule has 0 fully saturated rings. The van der Waals surface area contributed by atoms with Crippen LogP contribution >= 0.6 is 0 Å². The van der Waals surface area contributed by atoms with Crippen molar-refractivity contribution in [1.82, 2.24) is 20.3 Å². The number of carbonyl (C=O) groups excluding carboxylic acids is 1. The Morgan fingerprint density at radius 2 is 2.08 bits per heavy atom. The van der Waals surface area contributed by atoms with Gasteiger partial charge in [0.15, 0.2) is 6.04 Å². The SMILES string of the molecule is O=C(NCCCn1ccnn1)C1=NN(c2ccccc2)C(C(=O)O)C1. The summed E-state index contributed by atoms with van der Waals surface area (Å²) in [6.07, 6.45) is 4.10. The minimum Gasteiger partial charge on any atom is -0.480 e. The van der Waals surface area contributed by atoms with Crippen molar-refractivity contribution in [2.75, 3.05) is 11.6 Å². The fraction of sp³-hybridized carbons (Fsp3) is 0.312. The molecular weight excluding hydrogens is 324 g/mol. The Labute approximate surface area is 143 Å². The molecule has 1 unspecified atom stereocenters. The molecule has 1 amide bonds. The zero-order chi connectivity index (χ0) is 17.6. The average Bonchev–Trinajstić information content (AvgIpc) is 3.29. The Morgan fingerprint density at radius 1 is 1.28 bits per heavy atom. The molecule has 3 rings (SSSR count). The van der Waals surface area contributed by atoms with Gasteiger partial charge in [0.2, 0.25) is 0 Å². The number of aliphatic carboxylic acids is 1. The van der Waals surface area contributed by atoms with Crippen LogP contribution in [0, 0.1) is 0 Å². The number of carboxylic acid groups (broad SMARTS) is 1. The van der Waals surface area contributed by atoms with E-state index in [1.54, 1.807) is 41.3 Å². The first-order valence-corrected chi connectivity index (χ1v) is 7.92. The number of hydrogen-bond donors (Lipinski definition) is 2. The van der Waals surface area contributed by atoms with Crippen LogP contribution in [0.1, 0.15) is 12.8 Å². The van der Waals surface area contributed by atoms with Crippen molar-refractivity contribution in [3.8, 4) is 0 Å². The van der Waals surface area contributed by atoms with Gasteiger partial charge in [0.1, 0.15) is 5.71 Å². The summed E-state index contributed by atoms with van der Waals surface area (Å²) < 4.78 is 1.68. The Balaban J connectivity index is 1.59. The first-order chi connectivity index (χ1) is 12.1. The summed E-state index contributed by atoms with van der Waals surface area (Å²) in [6, 6.07) is 8.08. The van der Waals surface area contributed by atoms with E-state index in [1.165, 1.54) is 5.01 Å². The number of hydrogen-bond acceptors (Lipinski definition) is 6. The van der Waals surface area contributed by atoms with Crippen molar-refractivity contribution in [2.45, 2.75) is 25.4 Å². The lowest BCUT2D eigenvalue weighted by atomic mass is 10.1. The second-order valence-electron chi connectivity index (χ2n) is 5.56. The Kier molecular flexibility index (Phi) is 5.03. The normalized spacial score (nSPS) is 16.6. The zero-order valence-corrected chi connectivity index (χ0v) is 13.4. The Bertz CT molecular complexity index is 759. The number of hydrazone groups is 1. The number of anilines is 1. The number of aryl methyl sites for hydroxylation is 1. The number of benzene rings is 1. The molecule has 1 aliphatic rings. The summed E-state index contributed by atoms with van der Waals surface area (Å²) in [5.41, 5.74) is 0.862. The highest BCUT2D eigenvalue weighted by atomic mass is 16.4. The van der Waals surface area contributed by atoms with Crippen LogP contribution in [0.15, 0.2) is 47.8 Å². The predicted octanol–water partition coefficient (Wildman–Crippen LogP) is 0.504. The number of amides is 1. The van der Waals surface area contributed by atoms with E-state index < -0.39 is 12.0 Å². The van der Waals surface area contributed by atoms with E-state index in [-0.39, 0.29) is 18.0 Å². The molecule has 0 bridgehead atoms. The first kappa shape index (κ1) is 16.6. The second kappa shape index (κ2) is 7.56. The van der Waals surface area contributed by atoms with E-state index in [0.717, 1.165) is 0 Å². The Morgan fingerprint density at radius 3 is 2.76 bits per heavy atom. The van der Waals surface area contributed by atoms with Crippen LogP contribution in [0.3, 0.4) is 0 Å². The molecule has 9 nitrogen and oxygen atoms in total. The number of nitrogens with one attached hydrogen (secondary N) is 1. The largest absolute Gasteiger partial charge is 0.480 e. The minimum atomic E-state index is -1.01. The van der Waals surface area contributed by atoms with Crippen LogP contribution in [-0.4, -0.2) is 50.3 Å². The van der Waals surface area contributed by atoms with Gasteiger partial charge >= 0.3 is 5.97 Å². The number of nitrogens with zero attached hydrogens (tertiary/aromatic N) is 5. The molecule has 25 heavy (non-hydrogen) atoms. The van der Waals surface area contributed by atoms with Gasteiger partial charge in [-0.05, 0) is 18.6 Å². The molecule has 0 saturated carbocycles. The molecule has 0 aliphatic carbocycles. The molecule has 0 spiro atoms. The summed E-state index contributed by atoms with van der Waals surface area (Å²) in [5, 5.41) is 25.3. The molecule has 0 saturated heterocycles. The number of rotatable bonds is 7. The van der Waals surface area contributed by atoms with Crippen molar-refractivity contribution >= 4 is 23.3 Å². The lowest BCUT2D eigenvalue weighted by Crippen LogP contribution is -2.35. The molecule has 1 aromatic carbocycles. The van der Waals surface area contributed by atoms with Crippen molar-refractivity contribution in [3.05, 3.63) is 42.7 Å². The van der Waals surface area contributed by atoms with E-state index in [1.807, 2.05) is 6.07 Å². The highest BCUT2D eigenvalue weighted by Gasteiger charge is 2.35. The topological polar surface area (TPSA) is 113 Å². The van der Waals surface area contributed by atoms with Crippen molar-refractivity contribution in [2.24, 2.45) is 5.10 Å². The second-order valence-corrected chi connectivity index (χ2v) is 5.56. The van der Waals surface area contributed by atoms with E-state index in [0.29, 0.717) is 25.2 Å². The van der Waals surface area contributed by atoms with Crippen molar-refractivity contribution in [3.63, 3.8) is 0 Å². The Hall–Kier alpha value is -3.23. The summed E-state index contributed by atoms with van der Waals surface area (Å²) in [4.78, 5) is 23.7. The van der Waals surface area contributed by atoms with E-state index in [4.69, 9.17) is 0 Å². The average molecular weight is 342 g/mol. The molecule has 2 aromatic rings. The zero-order valence-electron chi connectivity index (χ0n) is 13.4. The lowest BCUT2D eigenvalue weighted by molar-refractivity contribution is -0.138. The smallest absolute Gasteiger partial charge is 0.328 e. The summed E-state index contributed by atoms with van der Waals surface area (Å²) in [5.74, 6) is -1.36. The van der Waals surface area contributed by atoms with Crippen molar-refractivity contribution < 1.29 is 14.7 Å². The van der Waals surface area contributed by atoms with E-state index in [2.05, 4.69) is 20.7 Å². The standard InChI is InChI=1S/C16H18N6O3/c23-15(17-7-4-9-21-10-8-18-20-21)13-11-14(16(24)25)22(19-13)12-5-2-1-3-6-12/h1-3,5-6,8,10,14H,4,7,9,11H2,(H,17,23)(H,24,25). The minimum absolute atomic E-state index is 0.0686. The highest BCUT2D eigenvalue weighted by molar-refractivity contribution is 6.40. The summed E-state index contributed by atoms with van der Waals surface area (Å²) >= 11 is 0. The molecule has 1 aliphatic heterocycles. The number of para-hydroxylation sites is 1. The lowest BCUT2D eigenvalue weighted by Gasteiger charge is -2.19. The molecule has 2 N–H and O–H groups in total. The third-order valence-electron chi connectivity index (χ3n) is 3.80. The van der Waals surface area contributed by atoms with Crippen LogP contribution in [-0.2, 0) is 16.1 Å². The van der Waals surface area contributed by atoms with Gasteiger partial charge in [-0.25, -0.2) is 4.79 Å². The molecule has 0 radical (unpaired) electrons. The fourth-order valence-electron chi connectivity index (χ4n) is 2.56. The number of carbonyl (C=O) groups is 2. The molecular formula is C16H18N6O3. The van der Waals surface area contributed by atoms with Gasteiger partial charge in [0.25, 0.3) is 5.91 Å². The third-order valence-corrected chi connectivity index (χ3v) is 3.80. The van der Waals surface area contributed by atoms with Gasteiger partial charge < -0.3 is 10.4 Å². The van der Waals surface area contributed by atoms with Gasteiger partial charge in [-0.15, -0.1) is 5.10 Å². The van der Waals surface area contributed by atoms with Gasteiger partial charge in [-0.2, -0.15) is 5.10 Å². The predicted molar refractivity (Wildman–Crippen MR) is 90.0 cm³/mol. The number of carboxylic acids is 1. The monoisotopic (exact) mass is 342 g/mol. The fourth-order valence-corrected chi connectivity index (χ4v) is 2.56. The van der Waals surface area contributed by atoms with Crippen LogP contribution in [0.25, 0.3) is 0 Å². The van der Waals surface area contributed by atoms with Gasteiger partial charge in [-0.3, -0.25) is 14.5 Å². The van der Waals surface area contributed by atoms with E-state index >= 15 is 0 Å². The van der Waals surface area contributed by atoms with Crippen LogP contribution in [0.4, 0.5) is 5.69 Å². The maximum Gasteiger partial charge on any atom is 0.328 e. The molecule has 1 aromatic heterocycles. The maximum atomic E-state index is 12.3. The summed E-state index contributed by atoms with van der Waals surface area (Å²) in [7, 11) is 0. The molecule has 130 valence electrons. The quantitative estimate of drug-likeness (QED) is 0.709. The number of aromatic nitrogens is 3. The molecule has 9 heteroatoms. The maximum absolute atomic E-state index is 12.3. The van der Waals surface area contributed by atoms with Crippen LogP contribution in [0.5, 0.6) is 0 Å². The third kappa shape index (κ3) is 4.00. The van der Waals surface area contributed by atoms with Gasteiger partial charge in [0.05, 0.1) is 11.9 Å². The highest BCUT2D eigenvalue weighted by Crippen LogP contribution is 2.24. The van der Waals surface area contributed by atoms with E-state index in [9.17, 15) is 14.7 Å². The van der Waals surface area contributed by atoms with Crippen LogP contribution < -0.4 is 10.3 Å². The summed E-state index contributed by atoms with van der Waals surface area (Å²) in [6.45, 7) is 1.08. The molecule has 2 heterocycles.